The fourth-order valence-electron chi connectivity index (χ4n) is 4.46. The molecule has 23 heavy (non-hydrogen) atoms. The Kier molecular flexibility index (Phi) is 3.13. The van der Waals surface area contributed by atoms with Gasteiger partial charge in [-0.05, 0) is 42.0 Å². The second kappa shape index (κ2) is 4.70. The van der Waals surface area contributed by atoms with E-state index in [1.54, 1.807) is 18.2 Å². The molecule has 4 nitrogen and oxygen atoms in total. The molecule has 116 valence electrons. The van der Waals surface area contributed by atoms with Gasteiger partial charge in [-0.2, -0.15) is 10.5 Å². The van der Waals surface area contributed by atoms with Gasteiger partial charge in [0.15, 0.2) is 5.78 Å². The summed E-state index contributed by atoms with van der Waals surface area (Å²) in [5.41, 5.74) is 1.25. The maximum Gasteiger partial charge on any atom is 0.178 e. The molecule has 0 spiro atoms. The van der Waals surface area contributed by atoms with Crippen molar-refractivity contribution in [3.05, 3.63) is 40.5 Å². The number of phenolic OH excluding ortho intramolecular Hbond substituents is 1. The van der Waals surface area contributed by atoms with E-state index >= 15 is 0 Å². The topological polar surface area (TPSA) is 84.9 Å². The van der Waals surface area contributed by atoms with E-state index in [0.29, 0.717) is 0 Å². The summed E-state index contributed by atoms with van der Waals surface area (Å²) >= 11 is 0. The highest BCUT2D eigenvalue weighted by Crippen LogP contribution is 2.55. The second-order valence-corrected chi connectivity index (χ2v) is 7.23. The van der Waals surface area contributed by atoms with Crippen LogP contribution in [0.15, 0.2) is 23.8 Å². The Balaban J connectivity index is 2.30. The van der Waals surface area contributed by atoms with Gasteiger partial charge in [0.1, 0.15) is 17.9 Å². The first-order chi connectivity index (χ1) is 10.8. The molecular weight excluding hydrogens is 288 g/mol. The van der Waals surface area contributed by atoms with Crippen molar-refractivity contribution in [1.29, 1.82) is 10.5 Å². The largest absolute Gasteiger partial charge is 0.507 e. The number of aromatic hydroxyl groups is 1. The second-order valence-electron chi connectivity index (χ2n) is 7.23. The van der Waals surface area contributed by atoms with Gasteiger partial charge in [-0.25, -0.2) is 0 Å². The molecule has 0 bridgehead atoms. The average Bonchev–Trinajstić information content (AvgIpc) is 2.51. The van der Waals surface area contributed by atoms with Gasteiger partial charge in [0, 0.05) is 10.8 Å². The first-order valence-electron chi connectivity index (χ1n) is 7.70. The van der Waals surface area contributed by atoms with Crippen LogP contribution in [0, 0.1) is 34.0 Å². The van der Waals surface area contributed by atoms with Crippen LogP contribution in [0.25, 0.3) is 0 Å². The lowest BCUT2D eigenvalue weighted by molar-refractivity contribution is -0.128. The Bertz CT molecular complexity index is 836. The summed E-state index contributed by atoms with van der Waals surface area (Å²) < 4.78 is 0. The molecule has 0 heterocycles. The summed E-state index contributed by atoms with van der Waals surface area (Å²) in [4.78, 5) is 12.6. The summed E-state index contributed by atoms with van der Waals surface area (Å²) in [6.45, 7) is 5.82. The van der Waals surface area contributed by atoms with Crippen molar-refractivity contribution < 1.29 is 9.90 Å². The fraction of sp³-hybridized carbons (Fsp3) is 0.421. The number of carbonyl (C=O) groups excluding carboxylic acids is 1. The third-order valence-corrected chi connectivity index (χ3v) is 5.61. The number of fused-ring (bicyclic) bond motifs is 3. The number of hydrogen-bond donors (Lipinski definition) is 1. The third-order valence-electron chi connectivity index (χ3n) is 5.61. The Morgan fingerprint density at radius 3 is 2.52 bits per heavy atom. The predicted molar refractivity (Wildman–Crippen MR) is 84.5 cm³/mol. The van der Waals surface area contributed by atoms with Crippen molar-refractivity contribution in [2.75, 3.05) is 0 Å². The van der Waals surface area contributed by atoms with Crippen LogP contribution in [-0.4, -0.2) is 10.9 Å². The van der Waals surface area contributed by atoms with Gasteiger partial charge in [-0.3, -0.25) is 4.79 Å². The van der Waals surface area contributed by atoms with Gasteiger partial charge in [-0.15, -0.1) is 0 Å². The molecule has 0 unspecified atom stereocenters. The molecule has 4 heteroatoms. The van der Waals surface area contributed by atoms with Crippen molar-refractivity contribution in [3.63, 3.8) is 0 Å². The molecule has 0 amide bonds. The van der Waals surface area contributed by atoms with Gasteiger partial charge >= 0.3 is 0 Å². The van der Waals surface area contributed by atoms with Crippen LogP contribution in [-0.2, 0) is 16.6 Å². The lowest BCUT2D eigenvalue weighted by Crippen LogP contribution is -2.51. The van der Waals surface area contributed by atoms with E-state index in [1.807, 2.05) is 32.9 Å². The molecule has 1 N–H and O–H groups in total. The van der Waals surface area contributed by atoms with Crippen LogP contribution in [0.5, 0.6) is 5.75 Å². The van der Waals surface area contributed by atoms with E-state index < -0.39 is 10.8 Å². The molecule has 0 saturated carbocycles. The number of rotatable bonds is 0. The Morgan fingerprint density at radius 2 is 1.91 bits per heavy atom. The van der Waals surface area contributed by atoms with E-state index in [2.05, 4.69) is 0 Å². The van der Waals surface area contributed by atoms with Crippen LogP contribution in [0.1, 0.15) is 43.9 Å². The molecule has 2 atom stereocenters. The maximum atomic E-state index is 12.6. The van der Waals surface area contributed by atoms with Gasteiger partial charge in [-0.1, -0.05) is 26.8 Å². The highest BCUT2D eigenvalue weighted by Gasteiger charge is 2.53. The zero-order valence-electron chi connectivity index (χ0n) is 13.5. The number of aryl methyl sites for hydroxylation is 1. The summed E-state index contributed by atoms with van der Waals surface area (Å²) in [5.74, 6) is -0.0991. The minimum absolute atomic E-state index is 0.0465. The number of ketones is 1. The average molecular weight is 306 g/mol. The Hall–Kier alpha value is -2.59. The molecule has 0 fully saturated rings. The fourth-order valence-corrected chi connectivity index (χ4v) is 4.46. The molecule has 2 aliphatic rings. The van der Waals surface area contributed by atoms with Gasteiger partial charge in [0.2, 0.25) is 0 Å². The Labute approximate surface area is 135 Å². The summed E-state index contributed by atoms with van der Waals surface area (Å²) in [6.07, 6.45) is 3.33. The van der Waals surface area contributed by atoms with E-state index in [4.69, 9.17) is 5.26 Å². The molecule has 1 aromatic rings. The monoisotopic (exact) mass is 306 g/mol. The number of carbonyl (C=O) groups is 1. The highest BCUT2D eigenvalue weighted by molar-refractivity contribution is 6.04. The number of phenols is 1. The number of allylic oxidation sites excluding steroid dienone is 2. The van der Waals surface area contributed by atoms with Crippen molar-refractivity contribution >= 4 is 5.78 Å². The number of benzene rings is 1. The first kappa shape index (κ1) is 15.3. The zero-order chi connectivity index (χ0) is 17.0. The lowest BCUT2D eigenvalue weighted by Gasteiger charge is -2.51. The standard InChI is InChI=1S/C19H18N2O2/c1-18(2)16-5-4-11-6-12(9-20)15(22)7-14(11)19(16,3)8-13(10-21)17(18)23/h6-8,16,22H,4-5H2,1-3H3/t16-,19+/m1/s1. The third kappa shape index (κ3) is 1.92. The van der Waals surface area contributed by atoms with Crippen molar-refractivity contribution in [1.82, 2.24) is 0 Å². The van der Waals surface area contributed by atoms with Gasteiger partial charge in [0.25, 0.3) is 0 Å². The van der Waals surface area contributed by atoms with Crippen molar-refractivity contribution in [2.45, 2.75) is 39.0 Å². The van der Waals surface area contributed by atoms with Crippen LogP contribution >= 0.6 is 0 Å². The molecule has 1 aromatic carbocycles. The minimum Gasteiger partial charge on any atom is -0.507 e. The van der Waals surface area contributed by atoms with Crippen LogP contribution in [0.2, 0.25) is 0 Å². The highest BCUT2D eigenvalue weighted by atomic mass is 16.3. The van der Waals surface area contributed by atoms with Crippen molar-refractivity contribution in [3.8, 4) is 17.9 Å². The quantitative estimate of drug-likeness (QED) is 0.798. The number of Topliss-reactive ketones (excluding diaryl/α,β-unsaturated/α-hetero) is 1. The van der Waals surface area contributed by atoms with E-state index in [1.165, 1.54) is 0 Å². The molecular formula is C19H18N2O2. The molecule has 0 saturated heterocycles. The normalized spacial score (nSPS) is 28.0. The molecule has 0 aliphatic heterocycles. The number of nitrogens with zero attached hydrogens (tertiary/aromatic N) is 2. The van der Waals surface area contributed by atoms with Gasteiger partial charge in [0.05, 0.1) is 11.1 Å². The smallest absolute Gasteiger partial charge is 0.178 e. The van der Waals surface area contributed by atoms with Crippen molar-refractivity contribution in [2.24, 2.45) is 11.3 Å². The maximum absolute atomic E-state index is 12.6. The predicted octanol–water partition coefficient (Wildman–Crippen LogP) is 3.14. The summed E-state index contributed by atoms with van der Waals surface area (Å²) in [6, 6.07) is 7.40. The van der Waals surface area contributed by atoms with Crippen LogP contribution in [0.4, 0.5) is 0 Å². The molecule has 2 aliphatic carbocycles. The zero-order valence-corrected chi connectivity index (χ0v) is 13.5. The first-order valence-corrected chi connectivity index (χ1v) is 7.70. The summed E-state index contributed by atoms with van der Waals surface area (Å²) in [7, 11) is 0. The number of nitriles is 2. The Morgan fingerprint density at radius 1 is 1.22 bits per heavy atom. The lowest BCUT2D eigenvalue weighted by atomic mass is 9.51. The van der Waals surface area contributed by atoms with Crippen LogP contribution in [0.3, 0.4) is 0 Å². The molecule has 0 radical (unpaired) electrons. The minimum atomic E-state index is -0.629. The molecule has 0 aromatic heterocycles. The molecule has 3 rings (SSSR count). The van der Waals surface area contributed by atoms with E-state index in [0.717, 1.165) is 24.0 Å². The summed E-state index contributed by atoms with van der Waals surface area (Å²) in [5, 5.41) is 28.6. The van der Waals surface area contributed by atoms with Crippen LogP contribution < -0.4 is 0 Å². The SMILES string of the molecule is CC1(C)C(=O)C(C#N)=C[C@@]2(C)c3cc(O)c(C#N)cc3CC[C@H]12. The number of hydrogen-bond acceptors (Lipinski definition) is 4. The van der Waals surface area contributed by atoms with E-state index in [9.17, 15) is 15.2 Å². The van der Waals surface area contributed by atoms with E-state index in [-0.39, 0.29) is 28.6 Å². The van der Waals surface area contributed by atoms with Gasteiger partial charge < -0.3 is 5.11 Å².